The summed E-state index contributed by atoms with van der Waals surface area (Å²) >= 11 is 0. The number of hydrogen-bond donors (Lipinski definition) is 0. The first-order valence-electron chi connectivity index (χ1n) is 1.00. The molecular formula is C2H4FP. The molecule has 24 valence electrons. The monoisotopic (exact) mass is 78.0 g/mol. The van der Waals surface area contributed by atoms with Gasteiger partial charge >= 0.3 is 0 Å². The Bertz CT molecular complexity index is 21.2. The van der Waals surface area contributed by atoms with Crippen molar-refractivity contribution >= 4 is 14.3 Å². The molecule has 0 aromatic carbocycles. The van der Waals surface area contributed by atoms with Crippen molar-refractivity contribution < 1.29 is 4.20 Å². The molecule has 0 aliphatic rings. The van der Waals surface area contributed by atoms with Gasteiger partial charge in [0.2, 0.25) is 0 Å². The first-order valence-corrected chi connectivity index (χ1v) is 1.86. The van der Waals surface area contributed by atoms with Crippen LogP contribution in [0.1, 0.15) is 6.92 Å². The largest absolute Gasteiger partial charge is 0.185 e. The Balaban J connectivity index is 2.55. The fraction of sp³-hybridized carbons (Fsp3) is 0.500. The van der Waals surface area contributed by atoms with Gasteiger partial charge in [0.05, 0.1) is 0 Å². The van der Waals surface area contributed by atoms with Crippen LogP contribution in [0.15, 0.2) is 0 Å². The van der Waals surface area contributed by atoms with Crippen molar-refractivity contribution in [1.82, 2.24) is 0 Å². The third-order valence-electron chi connectivity index (χ3n) is 0.0976. The fourth-order valence-corrected chi connectivity index (χ4v) is 0. The van der Waals surface area contributed by atoms with Crippen LogP contribution < -0.4 is 0 Å². The molecule has 0 fully saturated rings. The zero-order chi connectivity index (χ0) is 3.41. The Hall–Kier alpha value is 0.100. The first kappa shape index (κ1) is 4.10. The van der Waals surface area contributed by atoms with Crippen molar-refractivity contribution in [2.24, 2.45) is 0 Å². The molecule has 0 saturated heterocycles. The molecule has 0 amide bonds. The molecule has 0 heterocycles. The number of rotatable bonds is 0. The van der Waals surface area contributed by atoms with Crippen LogP contribution in [0, 0.1) is 0 Å². The van der Waals surface area contributed by atoms with E-state index in [1.54, 1.807) is 6.92 Å². The lowest BCUT2D eigenvalue weighted by molar-refractivity contribution is 0.937. The van der Waals surface area contributed by atoms with Gasteiger partial charge in [-0.25, -0.2) is 0 Å². The molecule has 0 N–H and O–H groups in total. The molecule has 0 bridgehead atoms. The zero-order valence-corrected chi connectivity index (χ0v) is 3.30. The average molecular weight is 78.0 g/mol. The quantitative estimate of drug-likeness (QED) is 0.386. The van der Waals surface area contributed by atoms with E-state index in [4.69, 9.17) is 0 Å². The lowest BCUT2D eigenvalue weighted by atomic mass is 11.0. The van der Waals surface area contributed by atoms with Gasteiger partial charge in [0, 0.05) is 0 Å². The molecule has 0 aromatic heterocycles. The predicted octanol–water partition coefficient (Wildman–Crippen LogP) is 1.64. The molecule has 0 unspecified atom stereocenters. The maximum Gasteiger partial charge on any atom is 0.108 e. The van der Waals surface area contributed by atoms with E-state index in [9.17, 15) is 4.20 Å². The summed E-state index contributed by atoms with van der Waals surface area (Å²) in [4.78, 5) is 0. The van der Waals surface area contributed by atoms with Crippen molar-refractivity contribution in [2.75, 3.05) is 0 Å². The fourth-order valence-electron chi connectivity index (χ4n) is 0. The summed E-state index contributed by atoms with van der Waals surface area (Å²) in [5.74, 6) is 1.43. The second-order valence-corrected chi connectivity index (χ2v) is 1.07. The first-order chi connectivity index (χ1) is 1.91. The third-order valence-corrected chi connectivity index (χ3v) is 0.293. The molecule has 2 heteroatoms. The van der Waals surface area contributed by atoms with Gasteiger partial charge in [-0.2, -0.15) is 4.20 Å². The van der Waals surface area contributed by atoms with E-state index in [-0.39, 0.29) is 8.51 Å². The molecule has 0 saturated carbocycles. The van der Waals surface area contributed by atoms with Crippen LogP contribution in [0.25, 0.3) is 0 Å². The Labute approximate surface area is 26.6 Å². The Morgan fingerprint density at radius 2 is 2.25 bits per heavy atom. The molecule has 0 nitrogen and oxygen atoms in total. The normalized spacial score (nSPS) is 9.50. The van der Waals surface area contributed by atoms with Crippen molar-refractivity contribution in [3.8, 4) is 0 Å². The lowest BCUT2D eigenvalue weighted by Gasteiger charge is -1.43. The summed E-state index contributed by atoms with van der Waals surface area (Å²) in [7, 11) is -0.127. The van der Waals surface area contributed by atoms with E-state index in [0.29, 0.717) is 0 Å². The molecular weight excluding hydrogens is 74.0 g/mol. The lowest BCUT2D eigenvalue weighted by Crippen LogP contribution is -1.29. The maximum absolute atomic E-state index is 10.6. The highest BCUT2D eigenvalue weighted by atomic mass is 31.1. The highest BCUT2D eigenvalue weighted by Crippen LogP contribution is 1.87. The van der Waals surface area contributed by atoms with Crippen LogP contribution in [0.3, 0.4) is 0 Å². The number of hydrogen-bond acceptors (Lipinski definition) is 0. The van der Waals surface area contributed by atoms with Crippen LogP contribution in [-0.4, -0.2) is 5.80 Å². The van der Waals surface area contributed by atoms with Gasteiger partial charge in [-0.15, -0.1) is 0 Å². The van der Waals surface area contributed by atoms with Crippen LogP contribution in [0.4, 0.5) is 4.20 Å². The third kappa shape index (κ3) is 2.10. The van der Waals surface area contributed by atoms with Crippen molar-refractivity contribution in [3.63, 3.8) is 0 Å². The van der Waals surface area contributed by atoms with Crippen LogP contribution in [-0.2, 0) is 0 Å². The van der Waals surface area contributed by atoms with E-state index >= 15 is 0 Å². The van der Waals surface area contributed by atoms with Gasteiger partial charge < -0.3 is 0 Å². The molecule has 0 spiro atoms. The van der Waals surface area contributed by atoms with Gasteiger partial charge in [-0.05, 0) is 12.7 Å². The smallest absolute Gasteiger partial charge is 0.108 e. The maximum atomic E-state index is 10.6. The molecule has 0 atom stereocenters. The van der Waals surface area contributed by atoms with E-state index in [1.807, 2.05) is 0 Å². The molecule has 0 radical (unpaired) electrons. The second-order valence-electron chi connectivity index (χ2n) is 0.356. The average Bonchev–Trinajstić information content (AvgIpc) is 1.37. The molecule has 0 aliphatic carbocycles. The van der Waals surface area contributed by atoms with E-state index < -0.39 is 0 Å². The SMILES string of the molecule is CC=PF. The minimum Gasteiger partial charge on any atom is -0.185 e. The van der Waals surface area contributed by atoms with E-state index in [0.717, 1.165) is 0 Å². The van der Waals surface area contributed by atoms with Crippen molar-refractivity contribution in [1.29, 1.82) is 0 Å². The molecule has 0 aliphatic heterocycles. The Morgan fingerprint density at radius 1 is 2.00 bits per heavy atom. The zero-order valence-electron chi connectivity index (χ0n) is 2.40. The Kier molecular flexibility index (Phi) is 3.18. The number of halogens is 1. The van der Waals surface area contributed by atoms with Gasteiger partial charge in [-0.3, -0.25) is 0 Å². The van der Waals surface area contributed by atoms with Crippen molar-refractivity contribution in [2.45, 2.75) is 6.92 Å². The van der Waals surface area contributed by atoms with Gasteiger partial charge in [0.15, 0.2) is 0 Å². The summed E-state index contributed by atoms with van der Waals surface area (Å²) < 4.78 is 10.6. The topological polar surface area (TPSA) is 0 Å². The summed E-state index contributed by atoms with van der Waals surface area (Å²) in [6, 6.07) is 0. The molecule has 0 rings (SSSR count). The molecule has 0 aromatic rings. The highest BCUT2D eigenvalue weighted by Gasteiger charge is 1.41. The summed E-state index contributed by atoms with van der Waals surface area (Å²) in [5, 5.41) is 0. The van der Waals surface area contributed by atoms with Gasteiger partial charge in [-0.1, -0.05) is 0 Å². The van der Waals surface area contributed by atoms with E-state index in [2.05, 4.69) is 0 Å². The van der Waals surface area contributed by atoms with Crippen LogP contribution in [0.2, 0.25) is 0 Å². The Morgan fingerprint density at radius 3 is 2.25 bits per heavy atom. The van der Waals surface area contributed by atoms with Crippen LogP contribution >= 0.6 is 8.51 Å². The van der Waals surface area contributed by atoms with Crippen LogP contribution in [0.5, 0.6) is 0 Å². The van der Waals surface area contributed by atoms with Gasteiger partial charge in [0.25, 0.3) is 0 Å². The van der Waals surface area contributed by atoms with E-state index in [1.165, 1.54) is 5.80 Å². The summed E-state index contributed by atoms with van der Waals surface area (Å²) in [6.07, 6.45) is 0. The highest BCUT2D eigenvalue weighted by molar-refractivity contribution is 7.32. The molecule has 4 heavy (non-hydrogen) atoms. The summed E-state index contributed by atoms with van der Waals surface area (Å²) in [5.41, 5.74) is 0. The van der Waals surface area contributed by atoms with Crippen molar-refractivity contribution in [3.05, 3.63) is 0 Å². The standard InChI is InChI=1S/C2H4FP/c1-2-4-3/h2H,1H3. The predicted molar refractivity (Wildman–Crippen MR) is 19.8 cm³/mol. The second kappa shape index (κ2) is 3.10. The van der Waals surface area contributed by atoms with Gasteiger partial charge in [0.1, 0.15) is 8.51 Å². The minimum atomic E-state index is -0.127. The minimum absolute atomic E-state index is 0.127. The summed E-state index contributed by atoms with van der Waals surface area (Å²) in [6.45, 7) is 1.67.